The summed E-state index contributed by atoms with van der Waals surface area (Å²) >= 11 is 3.56. The van der Waals surface area contributed by atoms with Gasteiger partial charge in [-0.3, -0.25) is 4.79 Å². The van der Waals surface area contributed by atoms with E-state index in [1.807, 2.05) is 24.4 Å². The highest BCUT2D eigenvalue weighted by Gasteiger charge is 2.26. The molecule has 1 aliphatic rings. The van der Waals surface area contributed by atoms with Crippen LogP contribution in [0.25, 0.3) is 10.8 Å². The molecule has 1 saturated heterocycles. The Bertz CT molecular complexity index is 659. The van der Waals surface area contributed by atoms with Crippen LogP contribution in [0.3, 0.4) is 0 Å². The molecular formula is C15H15BrN2O2. The summed E-state index contributed by atoms with van der Waals surface area (Å²) in [6.07, 6.45) is 2.97. The van der Waals surface area contributed by atoms with Crippen LogP contribution in [0.5, 0.6) is 0 Å². The van der Waals surface area contributed by atoms with Gasteiger partial charge in [-0.25, -0.2) is 4.98 Å². The zero-order valence-electron chi connectivity index (χ0n) is 10.9. The van der Waals surface area contributed by atoms with Gasteiger partial charge in [0.25, 0.3) is 0 Å². The van der Waals surface area contributed by atoms with Crippen LogP contribution in [0.15, 0.2) is 34.9 Å². The van der Waals surface area contributed by atoms with E-state index in [1.165, 1.54) is 0 Å². The van der Waals surface area contributed by atoms with E-state index in [-0.39, 0.29) is 12.3 Å². The monoisotopic (exact) mass is 334 g/mol. The first kappa shape index (κ1) is 13.4. The quantitative estimate of drug-likeness (QED) is 0.935. The van der Waals surface area contributed by atoms with E-state index >= 15 is 0 Å². The average Bonchev–Trinajstić information content (AvgIpc) is 2.86. The van der Waals surface area contributed by atoms with E-state index in [0.717, 1.165) is 40.6 Å². The molecule has 104 valence electrons. The number of anilines is 1. The minimum atomic E-state index is -0.717. The van der Waals surface area contributed by atoms with Gasteiger partial charge in [0, 0.05) is 41.0 Å². The summed E-state index contributed by atoms with van der Waals surface area (Å²) in [4.78, 5) is 17.5. The lowest BCUT2D eigenvalue weighted by Crippen LogP contribution is -2.21. The molecular weight excluding hydrogens is 320 g/mol. The molecule has 1 atom stereocenters. The van der Waals surface area contributed by atoms with E-state index in [1.54, 1.807) is 0 Å². The molecule has 5 heteroatoms. The lowest BCUT2D eigenvalue weighted by atomic mass is 10.1. The minimum absolute atomic E-state index is 0.219. The topological polar surface area (TPSA) is 53.4 Å². The molecule has 2 aromatic rings. The Balaban J connectivity index is 1.92. The molecule has 1 aromatic heterocycles. The molecule has 0 spiro atoms. The number of nitrogens with zero attached hydrogens (tertiary/aromatic N) is 2. The number of carbonyl (C=O) groups is 1. The van der Waals surface area contributed by atoms with Crippen molar-refractivity contribution in [3.63, 3.8) is 0 Å². The van der Waals surface area contributed by atoms with Gasteiger partial charge in [0.15, 0.2) is 0 Å². The highest BCUT2D eigenvalue weighted by Crippen LogP contribution is 2.32. The highest BCUT2D eigenvalue weighted by molar-refractivity contribution is 9.10. The molecule has 0 radical (unpaired) electrons. The number of hydrogen-bond donors (Lipinski definition) is 1. The third-order valence-corrected chi connectivity index (χ3v) is 4.47. The zero-order chi connectivity index (χ0) is 14.1. The molecule has 0 amide bonds. The number of pyridine rings is 1. The van der Waals surface area contributed by atoms with Gasteiger partial charge in [-0.1, -0.05) is 28.1 Å². The predicted octanol–water partition coefficient (Wildman–Crippen LogP) is 3.30. The van der Waals surface area contributed by atoms with Crippen molar-refractivity contribution >= 4 is 38.5 Å². The van der Waals surface area contributed by atoms with E-state index < -0.39 is 5.97 Å². The maximum Gasteiger partial charge on any atom is 0.303 e. The Morgan fingerprint density at radius 2 is 2.25 bits per heavy atom. The Morgan fingerprint density at radius 1 is 1.40 bits per heavy atom. The Labute approximate surface area is 125 Å². The summed E-state index contributed by atoms with van der Waals surface area (Å²) in [6.45, 7) is 1.64. The molecule has 20 heavy (non-hydrogen) atoms. The third kappa shape index (κ3) is 2.50. The van der Waals surface area contributed by atoms with Crippen molar-refractivity contribution in [2.45, 2.75) is 12.8 Å². The lowest BCUT2D eigenvalue weighted by Gasteiger charge is -2.19. The molecule has 1 unspecified atom stereocenters. The summed E-state index contributed by atoms with van der Waals surface area (Å²) in [5.41, 5.74) is 0. The molecule has 1 aromatic carbocycles. The summed E-state index contributed by atoms with van der Waals surface area (Å²) in [6, 6.07) is 8.08. The van der Waals surface area contributed by atoms with Crippen molar-refractivity contribution in [1.29, 1.82) is 0 Å². The normalized spacial score (nSPS) is 18.6. The largest absolute Gasteiger partial charge is 0.481 e. The van der Waals surface area contributed by atoms with Crippen LogP contribution in [0.4, 0.5) is 5.82 Å². The second-order valence-corrected chi connectivity index (χ2v) is 6.02. The van der Waals surface area contributed by atoms with Crippen molar-refractivity contribution in [3.05, 3.63) is 34.9 Å². The number of carboxylic acid groups (broad SMARTS) is 1. The van der Waals surface area contributed by atoms with E-state index in [4.69, 9.17) is 5.11 Å². The summed E-state index contributed by atoms with van der Waals surface area (Å²) in [5.74, 6) is 0.457. The zero-order valence-corrected chi connectivity index (χ0v) is 12.5. The van der Waals surface area contributed by atoms with Gasteiger partial charge in [0.1, 0.15) is 5.82 Å². The maximum absolute atomic E-state index is 10.8. The number of benzene rings is 1. The maximum atomic E-state index is 10.8. The van der Waals surface area contributed by atoms with Crippen molar-refractivity contribution in [2.24, 2.45) is 5.92 Å². The van der Waals surface area contributed by atoms with Crippen LogP contribution in [0, 0.1) is 5.92 Å². The number of rotatable bonds is 3. The molecule has 3 rings (SSSR count). The Hall–Kier alpha value is -1.62. The molecule has 1 fully saturated rings. The molecule has 0 saturated carbocycles. The predicted molar refractivity (Wildman–Crippen MR) is 82.0 cm³/mol. The third-order valence-electron chi connectivity index (χ3n) is 3.78. The standard InChI is InChI=1S/C15H15BrN2O2/c16-13-3-1-2-12-11(13)4-6-17-15(12)18-7-5-10(9-18)8-14(19)20/h1-4,6,10H,5,7-9H2,(H,19,20). The minimum Gasteiger partial charge on any atom is -0.481 e. The first-order valence-electron chi connectivity index (χ1n) is 6.65. The smallest absolute Gasteiger partial charge is 0.303 e. The van der Waals surface area contributed by atoms with Crippen LogP contribution >= 0.6 is 15.9 Å². The second-order valence-electron chi connectivity index (χ2n) is 5.17. The summed E-state index contributed by atoms with van der Waals surface area (Å²) in [5, 5.41) is 11.1. The number of aliphatic carboxylic acids is 1. The lowest BCUT2D eigenvalue weighted by molar-refractivity contribution is -0.137. The van der Waals surface area contributed by atoms with E-state index in [9.17, 15) is 4.79 Å². The van der Waals surface area contributed by atoms with Crippen LogP contribution < -0.4 is 4.90 Å². The van der Waals surface area contributed by atoms with Crippen molar-refractivity contribution < 1.29 is 9.90 Å². The van der Waals surface area contributed by atoms with Crippen LogP contribution in [-0.2, 0) is 4.79 Å². The van der Waals surface area contributed by atoms with Crippen molar-refractivity contribution in [3.8, 4) is 0 Å². The number of fused-ring (bicyclic) bond motifs is 1. The van der Waals surface area contributed by atoms with Gasteiger partial charge < -0.3 is 10.0 Å². The number of halogens is 1. The fraction of sp³-hybridized carbons (Fsp3) is 0.333. The van der Waals surface area contributed by atoms with E-state index in [2.05, 4.69) is 31.9 Å². The van der Waals surface area contributed by atoms with Gasteiger partial charge in [-0.05, 0) is 24.5 Å². The number of aromatic nitrogens is 1. The van der Waals surface area contributed by atoms with E-state index in [0.29, 0.717) is 0 Å². The van der Waals surface area contributed by atoms with Gasteiger partial charge in [-0.15, -0.1) is 0 Å². The second kappa shape index (κ2) is 5.40. The first-order chi connectivity index (χ1) is 9.65. The van der Waals surface area contributed by atoms with Crippen molar-refractivity contribution in [2.75, 3.05) is 18.0 Å². The van der Waals surface area contributed by atoms with Crippen LogP contribution in [-0.4, -0.2) is 29.1 Å². The van der Waals surface area contributed by atoms with Gasteiger partial charge in [-0.2, -0.15) is 0 Å². The number of carboxylic acids is 1. The molecule has 2 heterocycles. The molecule has 0 aliphatic carbocycles. The summed E-state index contributed by atoms with van der Waals surface area (Å²) in [7, 11) is 0. The van der Waals surface area contributed by atoms with Crippen LogP contribution in [0.1, 0.15) is 12.8 Å². The highest BCUT2D eigenvalue weighted by atomic mass is 79.9. The SMILES string of the molecule is O=C(O)CC1CCN(c2nccc3c(Br)cccc23)C1. The van der Waals surface area contributed by atoms with Gasteiger partial charge in [0.2, 0.25) is 0 Å². The number of hydrogen-bond acceptors (Lipinski definition) is 3. The molecule has 0 bridgehead atoms. The molecule has 1 N–H and O–H groups in total. The first-order valence-corrected chi connectivity index (χ1v) is 7.44. The van der Waals surface area contributed by atoms with Crippen molar-refractivity contribution in [1.82, 2.24) is 4.98 Å². The fourth-order valence-corrected chi connectivity index (χ4v) is 3.34. The summed E-state index contributed by atoms with van der Waals surface area (Å²) < 4.78 is 1.06. The Morgan fingerprint density at radius 3 is 3.05 bits per heavy atom. The van der Waals surface area contributed by atoms with Gasteiger partial charge >= 0.3 is 5.97 Å². The fourth-order valence-electron chi connectivity index (χ4n) is 2.84. The molecule has 4 nitrogen and oxygen atoms in total. The average molecular weight is 335 g/mol. The van der Waals surface area contributed by atoms with Gasteiger partial charge in [0.05, 0.1) is 0 Å². The Kier molecular flexibility index (Phi) is 3.61. The van der Waals surface area contributed by atoms with Crippen LogP contribution in [0.2, 0.25) is 0 Å². The molecule has 1 aliphatic heterocycles.